The van der Waals surface area contributed by atoms with Crippen molar-refractivity contribution in [3.63, 3.8) is 0 Å². The van der Waals surface area contributed by atoms with Gasteiger partial charge in [0.15, 0.2) is 4.96 Å². The molecule has 0 atom stereocenters. The van der Waals surface area contributed by atoms with Crippen LogP contribution in [0.4, 0.5) is 0 Å². The molecule has 1 saturated carbocycles. The third kappa shape index (κ3) is 2.71. The zero-order chi connectivity index (χ0) is 14.2. The number of carbonyl (C=O) groups is 1. The lowest BCUT2D eigenvalue weighted by molar-refractivity contribution is -0.132. The van der Waals surface area contributed by atoms with Crippen LogP contribution in [0.2, 0.25) is 0 Å². The zero-order valence-electron chi connectivity index (χ0n) is 11.6. The molecular weight excluding hydrogens is 274 g/mol. The van der Waals surface area contributed by atoms with Crippen LogP contribution in [0.25, 0.3) is 4.96 Å². The van der Waals surface area contributed by atoms with E-state index in [1.807, 2.05) is 22.2 Å². The van der Waals surface area contributed by atoms with E-state index in [-0.39, 0.29) is 5.91 Å². The van der Waals surface area contributed by atoms with Crippen molar-refractivity contribution >= 4 is 22.2 Å². The van der Waals surface area contributed by atoms with Crippen LogP contribution in [0.3, 0.4) is 0 Å². The van der Waals surface area contributed by atoms with Gasteiger partial charge in [-0.3, -0.25) is 9.20 Å². The number of aromatic nitrogens is 2. The van der Waals surface area contributed by atoms with Crippen LogP contribution in [0.1, 0.15) is 31.4 Å². The van der Waals surface area contributed by atoms with Crippen molar-refractivity contribution in [2.24, 2.45) is 0 Å². The normalized spacial score (nSPS) is 17.7. The van der Waals surface area contributed by atoms with Gasteiger partial charge in [-0.2, -0.15) is 0 Å². The first-order chi connectivity index (χ1) is 9.56. The van der Waals surface area contributed by atoms with Gasteiger partial charge in [0, 0.05) is 31.4 Å². The van der Waals surface area contributed by atoms with Gasteiger partial charge in [0.05, 0.1) is 17.7 Å². The Balaban J connectivity index is 1.62. The van der Waals surface area contributed by atoms with Gasteiger partial charge >= 0.3 is 0 Å². The second-order valence-corrected chi connectivity index (χ2v) is 6.56. The molecule has 0 saturated heterocycles. The molecule has 0 unspecified atom stereocenters. The van der Waals surface area contributed by atoms with Crippen LogP contribution < -0.4 is 0 Å². The molecule has 108 valence electrons. The van der Waals surface area contributed by atoms with Crippen LogP contribution in [0.15, 0.2) is 17.8 Å². The van der Waals surface area contributed by atoms with Crippen molar-refractivity contribution in [3.05, 3.63) is 23.5 Å². The number of hydrogen-bond donors (Lipinski definition) is 1. The Hall–Kier alpha value is -1.40. The summed E-state index contributed by atoms with van der Waals surface area (Å²) >= 11 is 1.56. The van der Waals surface area contributed by atoms with E-state index in [1.54, 1.807) is 23.3 Å². The van der Waals surface area contributed by atoms with E-state index in [1.165, 1.54) is 0 Å². The van der Waals surface area contributed by atoms with Crippen LogP contribution in [0, 0.1) is 0 Å². The third-order valence-corrected chi connectivity index (χ3v) is 4.74. The standard InChI is InChI=1S/C14H19N3O2S/c1-16(10-14(19)4-2-3-5-14)12(18)8-11-9-17-6-7-20-13(17)15-11/h6-7,9,19H,2-5,8,10H2,1H3. The van der Waals surface area contributed by atoms with Gasteiger partial charge in [-0.25, -0.2) is 4.98 Å². The fraction of sp³-hybridized carbons (Fsp3) is 0.571. The third-order valence-electron chi connectivity index (χ3n) is 3.97. The van der Waals surface area contributed by atoms with E-state index in [9.17, 15) is 9.90 Å². The van der Waals surface area contributed by atoms with Gasteiger partial charge in [0.1, 0.15) is 0 Å². The molecule has 5 nitrogen and oxygen atoms in total. The van der Waals surface area contributed by atoms with Gasteiger partial charge in [0.2, 0.25) is 5.91 Å². The number of hydrogen-bond acceptors (Lipinski definition) is 4. The predicted octanol–water partition coefficient (Wildman–Crippen LogP) is 1.70. The topological polar surface area (TPSA) is 57.8 Å². The van der Waals surface area contributed by atoms with Crippen LogP contribution in [-0.2, 0) is 11.2 Å². The van der Waals surface area contributed by atoms with Gasteiger partial charge in [-0.05, 0) is 12.8 Å². The fourth-order valence-corrected chi connectivity index (χ4v) is 3.59. The van der Waals surface area contributed by atoms with Crippen molar-refractivity contribution in [1.82, 2.24) is 14.3 Å². The molecule has 0 bridgehead atoms. The number of rotatable bonds is 4. The first kappa shape index (κ1) is 13.6. The molecular formula is C14H19N3O2S. The Kier molecular flexibility index (Phi) is 3.52. The van der Waals surface area contributed by atoms with Crippen molar-refractivity contribution in [3.8, 4) is 0 Å². The minimum Gasteiger partial charge on any atom is -0.388 e. The highest BCUT2D eigenvalue weighted by molar-refractivity contribution is 7.15. The van der Waals surface area contributed by atoms with Gasteiger partial charge in [0.25, 0.3) is 0 Å². The molecule has 2 aromatic heterocycles. The summed E-state index contributed by atoms with van der Waals surface area (Å²) in [5, 5.41) is 12.3. The van der Waals surface area contributed by atoms with Crippen LogP contribution in [-0.4, -0.2) is 44.5 Å². The van der Waals surface area contributed by atoms with E-state index < -0.39 is 5.60 Å². The molecule has 0 aromatic carbocycles. The largest absolute Gasteiger partial charge is 0.388 e. The summed E-state index contributed by atoms with van der Waals surface area (Å²) in [4.78, 5) is 19.2. The first-order valence-corrected chi connectivity index (χ1v) is 7.81. The molecule has 2 heterocycles. The monoisotopic (exact) mass is 293 g/mol. The lowest BCUT2D eigenvalue weighted by atomic mass is 10.0. The Morgan fingerprint density at radius 1 is 1.55 bits per heavy atom. The summed E-state index contributed by atoms with van der Waals surface area (Å²) in [6.07, 6.45) is 7.82. The molecule has 3 rings (SSSR count). The molecule has 1 fully saturated rings. The highest BCUT2D eigenvalue weighted by Crippen LogP contribution is 2.30. The summed E-state index contributed by atoms with van der Waals surface area (Å²) in [5.74, 6) is 0.0103. The fourth-order valence-electron chi connectivity index (χ4n) is 2.87. The summed E-state index contributed by atoms with van der Waals surface area (Å²) in [6, 6.07) is 0. The minimum absolute atomic E-state index is 0.0103. The first-order valence-electron chi connectivity index (χ1n) is 6.93. The molecule has 0 aliphatic heterocycles. The number of imidazole rings is 1. The highest BCUT2D eigenvalue weighted by atomic mass is 32.1. The number of nitrogens with zero attached hydrogens (tertiary/aromatic N) is 3. The number of carbonyl (C=O) groups excluding carboxylic acids is 1. The molecule has 1 aliphatic carbocycles. The van der Waals surface area contributed by atoms with Gasteiger partial charge < -0.3 is 10.0 Å². The summed E-state index contributed by atoms with van der Waals surface area (Å²) in [5.41, 5.74) is 0.103. The molecule has 20 heavy (non-hydrogen) atoms. The average Bonchev–Trinajstić information content (AvgIpc) is 3.05. The predicted molar refractivity (Wildman–Crippen MR) is 77.8 cm³/mol. The SMILES string of the molecule is CN(CC1(O)CCCC1)C(=O)Cc1cn2ccsc2n1. The molecule has 1 N–H and O–H groups in total. The zero-order valence-corrected chi connectivity index (χ0v) is 12.4. The van der Waals surface area contributed by atoms with Gasteiger partial charge in [-0.15, -0.1) is 11.3 Å². The van der Waals surface area contributed by atoms with E-state index in [0.717, 1.165) is 36.3 Å². The van der Waals surface area contributed by atoms with E-state index in [2.05, 4.69) is 4.98 Å². The number of aliphatic hydroxyl groups is 1. The van der Waals surface area contributed by atoms with Crippen LogP contribution in [0.5, 0.6) is 0 Å². The van der Waals surface area contributed by atoms with E-state index >= 15 is 0 Å². The summed E-state index contributed by atoms with van der Waals surface area (Å²) in [7, 11) is 1.76. The lowest BCUT2D eigenvalue weighted by Crippen LogP contribution is -2.42. The molecule has 1 amide bonds. The van der Waals surface area contributed by atoms with Crippen molar-refractivity contribution in [2.45, 2.75) is 37.7 Å². The number of thiazole rings is 1. The number of amides is 1. The molecule has 0 radical (unpaired) electrons. The Morgan fingerprint density at radius 3 is 3.00 bits per heavy atom. The van der Waals surface area contributed by atoms with Crippen molar-refractivity contribution in [2.75, 3.05) is 13.6 Å². The van der Waals surface area contributed by atoms with Crippen molar-refractivity contribution in [1.29, 1.82) is 0 Å². The average molecular weight is 293 g/mol. The Bertz CT molecular complexity index is 584. The molecule has 1 aliphatic rings. The molecule has 6 heteroatoms. The number of fused-ring (bicyclic) bond motifs is 1. The summed E-state index contributed by atoms with van der Waals surface area (Å²) in [6.45, 7) is 0.425. The second-order valence-electron chi connectivity index (χ2n) is 5.68. The Labute approximate surface area is 121 Å². The molecule has 0 spiro atoms. The Morgan fingerprint density at radius 2 is 2.30 bits per heavy atom. The maximum absolute atomic E-state index is 12.2. The second kappa shape index (κ2) is 5.18. The lowest BCUT2D eigenvalue weighted by Gasteiger charge is -2.28. The van der Waals surface area contributed by atoms with E-state index in [0.29, 0.717) is 13.0 Å². The maximum Gasteiger partial charge on any atom is 0.228 e. The number of likely N-dealkylation sites (N-methyl/N-ethyl adjacent to an activating group) is 1. The molecule has 2 aromatic rings. The van der Waals surface area contributed by atoms with Crippen LogP contribution >= 0.6 is 11.3 Å². The minimum atomic E-state index is -0.682. The maximum atomic E-state index is 12.2. The quantitative estimate of drug-likeness (QED) is 0.933. The van der Waals surface area contributed by atoms with Crippen molar-refractivity contribution < 1.29 is 9.90 Å². The van der Waals surface area contributed by atoms with Gasteiger partial charge in [-0.1, -0.05) is 12.8 Å². The van der Waals surface area contributed by atoms with E-state index in [4.69, 9.17) is 0 Å². The smallest absolute Gasteiger partial charge is 0.228 e. The highest BCUT2D eigenvalue weighted by Gasteiger charge is 2.33. The summed E-state index contributed by atoms with van der Waals surface area (Å²) < 4.78 is 1.93.